The number of ether oxygens (including phenoxy) is 1. The molecule has 1 aliphatic heterocycles. The minimum atomic E-state index is -0.276. The van der Waals surface area contributed by atoms with Gasteiger partial charge in [0.1, 0.15) is 11.6 Å². The number of benzene rings is 2. The van der Waals surface area contributed by atoms with Gasteiger partial charge in [-0.1, -0.05) is 31.7 Å². The van der Waals surface area contributed by atoms with E-state index in [-0.39, 0.29) is 5.91 Å². The molecule has 9 nitrogen and oxygen atoms in total. The number of para-hydroxylation sites is 1. The zero-order chi connectivity index (χ0) is 25.8. The maximum atomic E-state index is 12.3. The van der Waals surface area contributed by atoms with E-state index in [1.165, 1.54) is 6.08 Å². The third kappa shape index (κ3) is 5.12. The number of nitrogens with one attached hydrogen (secondary N) is 2. The molecule has 1 saturated heterocycles. The molecular formula is C28H31N7O2. The minimum absolute atomic E-state index is 0.276. The maximum Gasteiger partial charge on any atom is 0.247 e. The number of hydrogen-bond acceptors (Lipinski definition) is 7. The van der Waals surface area contributed by atoms with Crippen molar-refractivity contribution >= 4 is 39.8 Å². The molecule has 37 heavy (non-hydrogen) atoms. The highest BCUT2D eigenvalue weighted by molar-refractivity contribution is 6.02. The van der Waals surface area contributed by atoms with Crippen LogP contribution in [0.15, 0.2) is 73.6 Å². The third-order valence-corrected chi connectivity index (χ3v) is 6.65. The Kier molecular flexibility index (Phi) is 7.04. The summed E-state index contributed by atoms with van der Waals surface area (Å²) >= 11 is 0. The molecule has 5 rings (SSSR count). The molecule has 0 spiro atoms. The Morgan fingerprint density at radius 1 is 1.11 bits per heavy atom. The van der Waals surface area contributed by atoms with Crippen molar-refractivity contribution in [2.45, 2.75) is 6.92 Å². The lowest BCUT2D eigenvalue weighted by Gasteiger charge is -2.36. The van der Waals surface area contributed by atoms with Crippen LogP contribution in [0.5, 0.6) is 5.75 Å². The van der Waals surface area contributed by atoms with E-state index in [1.54, 1.807) is 13.3 Å². The Hall–Kier alpha value is -4.37. The fourth-order valence-corrected chi connectivity index (χ4v) is 4.63. The van der Waals surface area contributed by atoms with Crippen LogP contribution in [0.1, 0.15) is 6.92 Å². The number of anilines is 4. The number of hydrogen-bond donors (Lipinski definition) is 2. The monoisotopic (exact) mass is 497 g/mol. The zero-order valence-corrected chi connectivity index (χ0v) is 21.1. The van der Waals surface area contributed by atoms with Gasteiger partial charge >= 0.3 is 0 Å². The number of fused-ring (bicyclic) bond motifs is 1. The minimum Gasteiger partial charge on any atom is -0.494 e. The second-order valence-electron chi connectivity index (χ2n) is 8.79. The van der Waals surface area contributed by atoms with Gasteiger partial charge in [0.15, 0.2) is 0 Å². The van der Waals surface area contributed by atoms with Crippen LogP contribution in [0.25, 0.3) is 16.7 Å². The van der Waals surface area contributed by atoms with Crippen LogP contribution in [-0.4, -0.2) is 65.2 Å². The predicted octanol–water partition coefficient (Wildman–Crippen LogP) is 4.44. The molecule has 2 aromatic heterocycles. The van der Waals surface area contributed by atoms with Gasteiger partial charge in [-0.05, 0) is 42.3 Å². The number of rotatable bonds is 8. The van der Waals surface area contributed by atoms with Gasteiger partial charge in [0.05, 0.1) is 29.7 Å². The van der Waals surface area contributed by atoms with Crippen molar-refractivity contribution in [1.82, 2.24) is 19.4 Å². The molecule has 0 aliphatic carbocycles. The Labute approximate surface area is 216 Å². The lowest BCUT2D eigenvalue weighted by Crippen LogP contribution is -2.46. The molecule has 2 aromatic carbocycles. The number of nitrogens with zero attached hydrogens (tertiary/aromatic N) is 5. The summed E-state index contributed by atoms with van der Waals surface area (Å²) in [5.74, 6) is 1.51. The number of carbonyl (C=O) groups is 1. The van der Waals surface area contributed by atoms with Crippen LogP contribution in [-0.2, 0) is 4.79 Å². The average molecular weight is 498 g/mol. The van der Waals surface area contributed by atoms with E-state index >= 15 is 0 Å². The lowest BCUT2D eigenvalue weighted by molar-refractivity contribution is -0.111. The molecule has 0 saturated carbocycles. The van der Waals surface area contributed by atoms with E-state index in [4.69, 9.17) is 9.72 Å². The number of amides is 1. The van der Waals surface area contributed by atoms with Gasteiger partial charge in [-0.2, -0.15) is 4.98 Å². The van der Waals surface area contributed by atoms with Crippen LogP contribution in [0.3, 0.4) is 0 Å². The Morgan fingerprint density at radius 2 is 1.92 bits per heavy atom. The molecule has 1 fully saturated rings. The molecule has 1 aliphatic rings. The summed E-state index contributed by atoms with van der Waals surface area (Å²) < 4.78 is 7.77. The summed E-state index contributed by atoms with van der Waals surface area (Å²) in [5.41, 5.74) is 3.28. The van der Waals surface area contributed by atoms with Gasteiger partial charge < -0.3 is 29.7 Å². The van der Waals surface area contributed by atoms with Gasteiger partial charge in [0.25, 0.3) is 0 Å². The quantitative estimate of drug-likeness (QED) is 0.348. The van der Waals surface area contributed by atoms with E-state index in [0.717, 1.165) is 55.1 Å². The molecule has 4 aromatic rings. The van der Waals surface area contributed by atoms with Crippen LogP contribution >= 0.6 is 0 Å². The molecule has 0 unspecified atom stereocenters. The highest BCUT2D eigenvalue weighted by Crippen LogP contribution is 2.38. The summed E-state index contributed by atoms with van der Waals surface area (Å²) in [5, 5.41) is 7.38. The van der Waals surface area contributed by atoms with Crippen molar-refractivity contribution in [2.24, 2.45) is 0 Å². The highest BCUT2D eigenvalue weighted by atomic mass is 16.5. The van der Waals surface area contributed by atoms with E-state index in [1.807, 2.05) is 41.1 Å². The fourth-order valence-electron chi connectivity index (χ4n) is 4.63. The van der Waals surface area contributed by atoms with E-state index in [9.17, 15) is 4.79 Å². The molecular weight excluding hydrogens is 466 g/mol. The highest BCUT2D eigenvalue weighted by Gasteiger charge is 2.22. The van der Waals surface area contributed by atoms with Gasteiger partial charge in [0, 0.05) is 44.6 Å². The number of piperazine rings is 1. The van der Waals surface area contributed by atoms with Crippen molar-refractivity contribution in [3.63, 3.8) is 0 Å². The Balaban J connectivity index is 1.48. The van der Waals surface area contributed by atoms with Crippen molar-refractivity contribution in [2.75, 3.05) is 55.4 Å². The standard InChI is InChI=1S/C28H31N7O2/c1-4-27(36)30-21-18-22(25(37-3)19-24(21)34-16-14-33(5-2)15-17-34)31-28-29-12-10-26(32-28)35-13-11-20-8-6-7-9-23(20)35/h4,6-13,18-19H,1,5,14-17H2,2-3H3,(H,30,36)(H,29,31,32). The first kappa shape index (κ1) is 24.3. The molecule has 3 heterocycles. The topological polar surface area (TPSA) is 87.5 Å². The normalized spacial score (nSPS) is 13.9. The van der Waals surface area contributed by atoms with Gasteiger partial charge in [-0.25, -0.2) is 4.98 Å². The van der Waals surface area contributed by atoms with Crippen molar-refractivity contribution in [3.05, 3.63) is 73.6 Å². The molecule has 2 N–H and O–H groups in total. The number of aromatic nitrogens is 3. The second-order valence-corrected chi connectivity index (χ2v) is 8.79. The molecule has 0 bridgehead atoms. The molecule has 1 amide bonds. The van der Waals surface area contributed by atoms with Crippen LogP contribution < -0.4 is 20.3 Å². The first-order valence-electron chi connectivity index (χ1n) is 12.4. The number of carbonyl (C=O) groups excluding carboxylic acids is 1. The summed E-state index contributed by atoms with van der Waals surface area (Å²) in [6.07, 6.45) is 4.98. The maximum absolute atomic E-state index is 12.3. The van der Waals surface area contributed by atoms with Crippen LogP contribution in [0.2, 0.25) is 0 Å². The fraction of sp³-hybridized carbons (Fsp3) is 0.250. The van der Waals surface area contributed by atoms with Crippen molar-refractivity contribution in [1.29, 1.82) is 0 Å². The summed E-state index contributed by atoms with van der Waals surface area (Å²) in [6.45, 7) is 10.4. The Morgan fingerprint density at radius 3 is 2.68 bits per heavy atom. The van der Waals surface area contributed by atoms with Gasteiger partial charge in [0.2, 0.25) is 11.9 Å². The van der Waals surface area contributed by atoms with E-state index in [2.05, 4.69) is 57.1 Å². The summed E-state index contributed by atoms with van der Waals surface area (Å²) in [4.78, 5) is 26.1. The zero-order valence-electron chi connectivity index (χ0n) is 21.1. The van der Waals surface area contributed by atoms with Gasteiger partial charge in [-0.3, -0.25) is 4.79 Å². The molecule has 0 atom stereocenters. The summed E-state index contributed by atoms with van der Waals surface area (Å²) in [7, 11) is 1.63. The second kappa shape index (κ2) is 10.7. The smallest absolute Gasteiger partial charge is 0.247 e. The molecule has 9 heteroatoms. The van der Waals surface area contributed by atoms with E-state index in [0.29, 0.717) is 23.1 Å². The largest absolute Gasteiger partial charge is 0.494 e. The van der Waals surface area contributed by atoms with Crippen LogP contribution in [0.4, 0.5) is 23.0 Å². The van der Waals surface area contributed by atoms with Crippen molar-refractivity contribution in [3.8, 4) is 11.6 Å². The van der Waals surface area contributed by atoms with Gasteiger partial charge in [-0.15, -0.1) is 0 Å². The SMILES string of the molecule is C=CC(=O)Nc1cc(Nc2nccc(-n3ccc4ccccc43)n2)c(OC)cc1N1CCN(CC)CC1. The number of likely N-dealkylation sites (N-methyl/N-ethyl adjacent to an activating group) is 1. The Bertz CT molecular complexity index is 1420. The summed E-state index contributed by atoms with van der Waals surface area (Å²) in [6, 6.07) is 15.9. The van der Waals surface area contributed by atoms with Crippen LogP contribution in [0, 0.1) is 0 Å². The third-order valence-electron chi connectivity index (χ3n) is 6.65. The van der Waals surface area contributed by atoms with E-state index < -0.39 is 0 Å². The first-order chi connectivity index (χ1) is 18.1. The molecule has 0 radical (unpaired) electrons. The molecule has 190 valence electrons. The predicted molar refractivity (Wildman–Crippen MR) is 148 cm³/mol. The lowest BCUT2D eigenvalue weighted by atomic mass is 10.1. The van der Waals surface area contributed by atoms with Crippen molar-refractivity contribution < 1.29 is 9.53 Å². The first-order valence-corrected chi connectivity index (χ1v) is 12.4. The number of methoxy groups -OCH3 is 1. The average Bonchev–Trinajstić information content (AvgIpc) is 3.38.